The molecule has 2 N–H and O–H groups in total. The van der Waals surface area contributed by atoms with Gasteiger partial charge in [-0.2, -0.15) is 0 Å². The van der Waals surface area contributed by atoms with Crippen LogP contribution in [0.2, 0.25) is 0 Å². The molecule has 4 heteroatoms. The van der Waals surface area contributed by atoms with Crippen LogP contribution in [0.3, 0.4) is 0 Å². The molecule has 0 heterocycles. The predicted octanol–water partition coefficient (Wildman–Crippen LogP) is 2.79. The number of carbonyl (C=O) groups excluding carboxylic acids is 1. The van der Waals surface area contributed by atoms with Crippen LogP contribution in [0.1, 0.15) is 41.6 Å². The van der Waals surface area contributed by atoms with Gasteiger partial charge in [0, 0.05) is 4.47 Å². The highest BCUT2D eigenvalue weighted by Crippen LogP contribution is 2.23. The van der Waals surface area contributed by atoms with E-state index in [1.165, 1.54) is 0 Å². The highest BCUT2D eigenvalue weighted by Gasteiger charge is 2.25. The molecule has 2 rings (SSSR count). The molecule has 1 saturated carbocycles. The fraction of sp³-hybridized carbons (Fsp3) is 0.500. The van der Waals surface area contributed by atoms with Gasteiger partial charge in [0.25, 0.3) is 5.91 Å². The molecule has 0 saturated heterocycles. The molecule has 18 heavy (non-hydrogen) atoms. The highest BCUT2D eigenvalue weighted by atomic mass is 79.9. The Balaban J connectivity index is 2.09. The Hall–Kier alpha value is -0.870. The Morgan fingerprint density at radius 2 is 2.11 bits per heavy atom. The number of hydrogen-bond donors (Lipinski definition) is 2. The summed E-state index contributed by atoms with van der Waals surface area (Å²) in [7, 11) is 0. The Labute approximate surface area is 116 Å². The van der Waals surface area contributed by atoms with E-state index in [2.05, 4.69) is 21.2 Å². The second-order valence-electron chi connectivity index (χ2n) is 4.87. The van der Waals surface area contributed by atoms with Gasteiger partial charge in [-0.3, -0.25) is 4.79 Å². The number of rotatable bonds is 2. The van der Waals surface area contributed by atoms with E-state index < -0.39 is 6.10 Å². The summed E-state index contributed by atoms with van der Waals surface area (Å²) in [6, 6.07) is 5.50. The molecule has 0 bridgehead atoms. The first-order chi connectivity index (χ1) is 8.59. The Kier molecular flexibility index (Phi) is 4.40. The summed E-state index contributed by atoms with van der Waals surface area (Å²) in [5, 5.41) is 12.8. The Bertz CT molecular complexity index is 447. The molecule has 1 aliphatic rings. The lowest BCUT2D eigenvalue weighted by Gasteiger charge is -2.28. The van der Waals surface area contributed by atoms with Gasteiger partial charge >= 0.3 is 0 Å². The third-order valence-electron chi connectivity index (χ3n) is 3.48. The van der Waals surface area contributed by atoms with E-state index in [9.17, 15) is 9.90 Å². The summed E-state index contributed by atoms with van der Waals surface area (Å²) in [6.07, 6.45) is 3.33. The molecule has 0 aromatic heterocycles. The molecular formula is C14H18BrNO2. The Morgan fingerprint density at radius 3 is 2.83 bits per heavy atom. The molecule has 1 aromatic rings. The fourth-order valence-electron chi connectivity index (χ4n) is 2.35. The molecule has 2 atom stereocenters. The monoisotopic (exact) mass is 311 g/mol. The van der Waals surface area contributed by atoms with E-state index in [-0.39, 0.29) is 11.9 Å². The zero-order chi connectivity index (χ0) is 13.1. The van der Waals surface area contributed by atoms with Gasteiger partial charge in [0.15, 0.2) is 0 Å². The molecule has 1 aliphatic carbocycles. The number of hydrogen-bond acceptors (Lipinski definition) is 2. The summed E-state index contributed by atoms with van der Waals surface area (Å²) in [6.45, 7) is 1.95. The Morgan fingerprint density at radius 1 is 1.39 bits per heavy atom. The number of benzene rings is 1. The third-order valence-corrected chi connectivity index (χ3v) is 4.53. The maximum absolute atomic E-state index is 12.2. The van der Waals surface area contributed by atoms with Crippen LogP contribution in [0.5, 0.6) is 0 Å². The number of aliphatic hydroxyl groups is 1. The molecule has 1 aromatic carbocycles. The summed E-state index contributed by atoms with van der Waals surface area (Å²) >= 11 is 3.44. The molecular weight excluding hydrogens is 294 g/mol. The lowest BCUT2D eigenvalue weighted by molar-refractivity contribution is 0.0716. The SMILES string of the molecule is Cc1cccc(C(=O)N[C@@H]2CCCC[C@H]2O)c1Br. The number of aliphatic hydroxyl groups excluding tert-OH is 1. The van der Waals surface area contributed by atoms with Crippen LogP contribution in [-0.4, -0.2) is 23.2 Å². The number of halogens is 1. The quantitative estimate of drug-likeness (QED) is 0.882. The minimum atomic E-state index is -0.411. The zero-order valence-electron chi connectivity index (χ0n) is 10.4. The first kappa shape index (κ1) is 13.6. The average Bonchev–Trinajstić information content (AvgIpc) is 2.35. The van der Waals surface area contributed by atoms with Gasteiger partial charge in [0.1, 0.15) is 0 Å². The van der Waals surface area contributed by atoms with E-state index in [0.717, 1.165) is 35.7 Å². The van der Waals surface area contributed by atoms with Gasteiger partial charge in [0.05, 0.1) is 17.7 Å². The van der Waals surface area contributed by atoms with Crippen LogP contribution < -0.4 is 5.32 Å². The van der Waals surface area contributed by atoms with Crippen molar-refractivity contribution in [1.82, 2.24) is 5.32 Å². The van der Waals surface area contributed by atoms with Gasteiger partial charge in [-0.25, -0.2) is 0 Å². The average molecular weight is 312 g/mol. The molecule has 3 nitrogen and oxygen atoms in total. The standard InChI is InChI=1S/C14H18BrNO2/c1-9-5-4-6-10(13(9)15)14(18)16-11-7-2-3-8-12(11)17/h4-6,11-12,17H,2-3,7-8H2,1H3,(H,16,18)/t11-,12-/m1/s1. The van der Waals surface area contributed by atoms with Crippen molar-refractivity contribution in [3.63, 3.8) is 0 Å². The predicted molar refractivity (Wildman–Crippen MR) is 74.6 cm³/mol. The largest absolute Gasteiger partial charge is 0.391 e. The number of amides is 1. The van der Waals surface area contributed by atoms with E-state index in [1.54, 1.807) is 6.07 Å². The normalized spacial score (nSPS) is 23.7. The van der Waals surface area contributed by atoms with Gasteiger partial charge in [-0.1, -0.05) is 25.0 Å². The lowest BCUT2D eigenvalue weighted by atomic mass is 9.92. The first-order valence-electron chi connectivity index (χ1n) is 6.33. The van der Waals surface area contributed by atoms with Crippen molar-refractivity contribution >= 4 is 21.8 Å². The molecule has 0 aliphatic heterocycles. The van der Waals surface area contributed by atoms with Gasteiger partial charge in [0.2, 0.25) is 0 Å². The topological polar surface area (TPSA) is 49.3 Å². The summed E-state index contributed by atoms with van der Waals surface area (Å²) in [5.41, 5.74) is 1.67. The number of carbonyl (C=O) groups is 1. The third kappa shape index (κ3) is 2.93. The molecule has 0 unspecified atom stereocenters. The van der Waals surface area contributed by atoms with Crippen molar-refractivity contribution in [2.75, 3.05) is 0 Å². The van der Waals surface area contributed by atoms with Crippen LogP contribution in [0.25, 0.3) is 0 Å². The summed E-state index contributed by atoms with van der Waals surface area (Å²) in [4.78, 5) is 12.2. The molecule has 1 amide bonds. The minimum absolute atomic E-state index is 0.112. The highest BCUT2D eigenvalue weighted by molar-refractivity contribution is 9.10. The zero-order valence-corrected chi connectivity index (χ0v) is 12.0. The van der Waals surface area contributed by atoms with E-state index in [4.69, 9.17) is 0 Å². The van der Waals surface area contributed by atoms with Crippen LogP contribution in [-0.2, 0) is 0 Å². The number of aryl methyl sites for hydroxylation is 1. The smallest absolute Gasteiger partial charge is 0.252 e. The van der Waals surface area contributed by atoms with Gasteiger partial charge in [-0.05, 0) is 47.3 Å². The van der Waals surface area contributed by atoms with Crippen LogP contribution in [0, 0.1) is 6.92 Å². The van der Waals surface area contributed by atoms with Gasteiger partial charge in [-0.15, -0.1) is 0 Å². The van der Waals surface area contributed by atoms with Crippen LogP contribution in [0.4, 0.5) is 0 Å². The fourth-order valence-corrected chi connectivity index (χ4v) is 2.79. The minimum Gasteiger partial charge on any atom is -0.391 e. The summed E-state index contributed by atoms with van der Waals surface area (Å²) < 4.78 is 0.827. The maximum atomic E-state index is 12.2. The molecule has 0 radical (unpaired) electrons. The van der Waals surface area contributed by atoms with E-state index >= 15 is 0 Å². The van der Waals surface area contributed by atoms with Crippen molar-refractivity contribution in [2.45, 2.75) is 44.8 Å². The maximum Gasteiger partial charge on any atom is 0.252 e. The summed E-state index contributed by atoms with van der Waals surface area (Å²) in [5.74, 6) is -0.114. The van der Waals surface area contributed by atoms with Gasteiger partial charge < -0.3 is 10.4 Å². The van der Waals surface area contributed by atoms with Crippen molar-refractivity contribution in [3.05, 3.63) is 33.8 Å². The molecule has 0 spiro atoms. The second kappa shape index (κ2) is 5.85. The number of nitrogens with one attached hydrogen (secondary N) is 1. The first-order valence-corrected chi connectivity index (χ1v) is 7.13. The van der Waals surface area contributed by atoms with Crippen LogP contribution >= 0.6 is 15.9 Å². The van der Waals surface area contributed by atoms with E-state index in [0.29, 0.717) is 5.56 Å². The van der Waals surface area contributed by atoms with Crippen molar-refractivity contribution < 1.29 is 9.90 Å². The van der Waals surface area contributed by atoms with Crippen LogP contribution in [0.15, 0.2) is 22.7 Å². The lowest BCUT2D eigenvalue weighted by Crippen LogP contribution is -2.45. The molecule has 98 valence electrons. The van der Waals surface area contributed by atoms with Crippen molar-refractivity contribution in [3.8, 4) is 0 Å². The second-order valence-corrected chi connectivity index (χ2v) is 5.66. The molecule has 1 fully saturated rings. The van der Waals surface area contributed by atoms with Crippen molar-refractivity contribution in [1.29, 1.82) is 0 Å². The van der Waals surface area contributed by atoms with E-state index in [1.807, 2.05) is 19.1 Å². The van der Waals surface area contributed by atoms with Crippen molar-refractivity contribution in [2.24, 2.45) is 0 Å².